The van der Waals surface area contributed by atoms with Crippen molar-refractivity contribution in [3.63, 3.8) is 0 Å². The van der Waals surface area contributed by atoms with E-state index < -0.39 is 0 Å². The van der Waals surface area contributed by atoms with Gasteiger partial charge in [-0.25, -0.2) is 0 Å². The molecule has 0 aliphatic carbocycles. The van der Waals surface area contributed by atoms with E-state index in [2.05, 4.69) is 5.16 Å². The van der Waals surface area contributed by atoms with Gasteiger partial charge in [0.05, 0.1) is 4.88 Å². The van der Waals surface area contributed by atoms with Crippen molar-refractivity contribution in [2.24, 2.45) is 0 Å². The molecule has 0 bridgehead atoms. The van der Waals surface area contributed by atoms with E-state index in [4.69, 9.17) is 21.9 Å². The van der Waals surface area contributed by atoms with Crippen LogP contribution in [0.15, 0.2) is 16.7 Å². The van der Waals surface area contributed by atoms with E-state index in [1.54, 1.807) is 11.3 Å². The second-order valence-corrected chi connectivity index (χ2v) is 4.29. The first-order chi connectivity index (χ1) is 6.18. The minimum Gasteiger partial charge on any atom is -0.380 e. The van der Waals surface area contributed by atoms with Crippen molar-refractivity contribution >= 4 is 28.8 Å². The van der Waals surface area contributed by atoms with Gasteiger partial charge in [0.1, 0.15) is 5.02 Å². The summed E-state index contributed by atoms with van der Waals surface area (Å²) < 4.78 is 5.00. The van der Waals surface area contributed by atoms with Gasteiger partial charge in [-0.1, -0.05) is 16.8 Å². The molecule has 0 radical (unpaired) electrons. The molecule has 68 valence electrons. The Labute approximate surface area is 84.1 Å². The van der Waals surface area contributed by atoms with Crippen LogP contribution >= 0.6 is 22.9 Å². The molecule has 0 spiro atoms. The highest BCUT2D eigenvalue weighted by Crippen LogP contribution is 2.35. The Morgan fingerprint density at radius 1 is 1.54 bits per heavy atom. The largest absolute Gasteiger partial charge is 0.380 e. The molecule has 2 aromatic rings. The summed E-state index contributed by atoms with van der Waals surface area (Å²) in [4.78, 5) is 2.15. The number of nitrogens with zero attached hydrogens (tertiary/aromatic N) is 1. The zero-order valence-electron chi connectivity index (χ0n) is 6.87. The number of halogens is 1. The lowest BCUT2D eigenvalue weighted by atomic mass is 10.3. The predicted octanol–water partition coefficient (Wildman–Crippen LogP) is 2.95. The number of hydrogen-bond acceptors (Lipinski definition) is 4. The second-order valence-electron chi connectivity index (χ2n) is 2.62. The average Bonchev–Trinajstić information content (AvgIpc) is 2.62. The minimum absolute atomic E-state index is 0.239. The van der Waals surface area contributed by atoms with Crippen LogP contribution in [0, 0.1) is 6.92 Å². The third-order valence-corrected chi connectivity index (χ3v) is 2.99. The third-order valence-electron chi connectivity index (χ3n) is 1.62. The fourth-order valence-electron chi connectivity index (χ4n) is 1.00. The highest BCUT2D eigenvalue weighted by molar-refractivity contribution is 7.15. The van der Waals surface area contributed by atoms with Crippen molar-refractivity contribution in [3.05, 3.63) is 22.0 Å². The number of hydrogen-bond donors (Lipinski definition) is 1. The number of nitrogen functional groups attached to an aromatic ring is 1. The lowest BCUT2D eigenvalue weighted by Crippen LogP contribution is -1.82. The molecule has 0 fully saturated rings. The average molecular weight is 215 g/mol. The lowest BCUT2D eigenvalue weighted by molar-refractivity contribution is 0.436. The molecule has 2 heterocycles. The third kappa shape index (κ3) is 1.43. The molecule has 0 saturated carbocycles. The molecule has 2 N–H and O–H groups in total. The van der Waals surface area contributed by atoms with Crippen molar-refractivity contribution in [1.82, 2.24) is 5.16 Å². The first kappa shape index (κ1) is 8.59. The van der Waals surface area contributed by atoms with Crippen molar-refractivity contribution in [3.8, 4) is 10.6 Å². The first-order valence-electron chi connectivity index (χ1n) is 3.66. The Hall–Kier alpha value is -1.00. The van der Waals surface area contributed by atoms with Gasteiger partial charge in [0.2, 0.25) is 0 Å². The monoisotopic (exact) mass is 214 g/mol. The van der Waals surface area contributed by atoms with E-state index in [-0.39, 0.29) is 5.82 Å². The Morgan fingerprint density at radius 2 is 2.31 bits per heavy atom. The molecule has 5 heteroatoms. The standard InChI is InChI=1S/C8H7ClN2OS/c1-4-2-3-5(13-4)7-6(9)8(10)11-12-7/h2-3H,1H3,(H2,10,11). The Morgan fingerprint density at radius 3 is 2.77 bits per heavy atom. The molecule has 13 heavy (non-hydrogen) atoms. The molecule has 2 aromatic heterocycles. The summed E-state index contributed by atoms with van der Waals surface area (Å²) >= 11 is 7.47. The number of thiophene rings is 1. The molecule has 0 aliphatic heterocycles. The van der Waals surface area contributed by atoms with E-state index in [1.165, 1.54) is 4.88 Å². The molecule has 0 saturated heterocycles. The van der Waals surface area contributed by atoms with Crippen LogP contribution in [0.2, 0.25) is 5.02 Å². The van der Waals surface area contributed by atoms with Crippen molar-refractivity contribution in [2.45, 2.75) is 6.92 Å². The van der Waals surface area contributed by atoms with Crippen molar-refractivity contribution < 1.29 is 4.52 Å². The highest BCUT2D eigenvalue weighted by atomic mass is 35.5. The van der Waals surface area contributed by atoms with Gasteiger partial charge in [-0.2, -0.15) is 0 Å². The Balaban J connectivity index is 2.52. The van der Waals surface area contributed by atoms with E-state index in [9.17, 15) is 0 Å². The number of anilines is 1. The maximum absolute atomic E-state index is 5.88. The lowest BCUT2D eigenvalue weighted by Gasteiger charge is -1.88. The normalized spacial score (nSPS) is 10.6. The number of aromatic nitrogens is 1. The van der Waals surface area contributed by atoms with Crippen LogP contribution in [0.25, 0.3) is 10.6 Å². The topological polar surface area (TPSA) is 52.0 Å². The van der Waals surface area contributed by atoms with Gasteiger partial charge >= 0.3 is 0 Å². The van der Waals surface area contributed by atoms with Gasteiger partial charge in [-0.3, -0.25) is 0 Å². The first-order valence-corrected chi connectivity index (χ1v) is 4.85. The van der Waals surface area contributed by atoms with Crippen LogP contribution in [0.1, 0.15) is 4.88 Å². The predicted molar refractivity (Wildman–Crippen MR) is 54.0 cm³/mol. The fraction of sp³-hybridized carbons (Fsp3) is 0.125. The molecule has 0 aromatic carbocycles. The number of aryl methyl sites for hydroxylation is 1. The Kier molecular flexibility index (Phi) is 2.01. The molecule has 0 unspecified atom stereocenters. The van der Waals surface area contributed by atoms with E-state index in [1.807, 2.05) is 19.1 Å². The van der Waals surface area contributed by atoms with Gasteiger partial charge in [0, 0.05) is 4.88 Å². The van der Waals surface area contributed by atoms with Gasteiger partial charge in [0.25, 0.3) is 0 Å². The molecule has 3 nitrogen and oxygen atoms in total. The van der Waals surface area contributed by atoms with Gasteiger partial charge in [0.15, 0.2) is 11.6 Å². The van der Waals surface area contributed by atoms with Crippen LogP contribution < -0.4 is 5.73 Å². The molecule has 0 amide bonds. The van der Waals surface area contributed by atoms with Crippen LogP contribution in [0.4, 0.5) is 5.82 Å². The van der Waals surface area contributed by atoms with Crippen LogP contribution in [-0.4, -0.2) is 5.16 Å². The van der Waals surface area contributed by atoms with E-state index in [0.29, 0.717) is 10.8 Å². The van der Waals surface area contributed by atoms with Crippen LogP contribution in [-0.2, 0) is 0 Å². The smallest absolute Gasteiger partial charge is 0.197 e. The summed E-state index contributed by atoms with van der Waals surface area (Å²) in [6.07, 6.45) is 0. The van der Waals surface area contributed by atoms with E-state index in [0.717, 1.165) is 4.88 Å². The van der Waals surface area contributed by atoms with Crippen molar-refractivity contribution in [2.75, 3.05) is 5.73 Å². The zero-order valence-corrected chi connectivity index (χ0v) is 8.45. The summed E-state index contributed by atoms with van der Waals surface area (Å²) in [5.74, 6) is 0.792. The zero-order chi connectivity index (χ0) is 9.42. The van der Waals surface area contributed by atoms with Gasteiger partial charge in [-0.05, 0) is 19.1 Å². The van der Waals surface area contributed by atoms with Crippen molar-refractivity contribution in [1.29, 1.82) is 0 Å². The highest BCUT2D eigenvalue weighted by Gasteiger charge is 2.14. The minimum atomic E-state index is 0.239. The second kappa shape index (κ2) is 3.05. The number of rotatable bonds is 1. The number of nitrogens with two attached hydrogens (primary N) is 1. The summed E-state index contributed by atoms with van der Waals surface area (Å²) in [5.41, 5.74) is 5.45. The van der Waals surface area contributed by atoms with Gasteiger partial charge in [-0.15, -0.1) is 11.3 Å². The summed E-state index contributed by atoms with van der Waals surface area (Å²) in [5, 5.41) is 3.97. The SMILES string of the molecule is Cc1ccc(-c2onc(N)c2Cl)s1. The molecule has 0 atom stereocenters. The molecular weight excluding hydrogens is 208 g/mol. The molecular formula is C8H7ClN2OS. The van der Waals surface area contributed by atoms with Crippen LogP contribution in [0.3, 0.4) is 0 Å². The quantitative estimate of drug-likeness (QED) is 0.794. The maximum Gasteiger partial charge on any atom is 0.197 e. The molecule has 2 rings (SSSR count). The fourth-order valence-corrected chi connectivity index (χ4v) is 2.08. The Bertz CT molecular complexity index is 435. The maximum atomic E-state index is 5.88. The van der Waals surface area contributed by atoms with E-state index >= 15 is 0 Å². The summed E-state index contributed by atoms with van der Waals surface area (Å²) in [7, 11) is 0. The van der Waals surface area contributed by atoms with Gasteiger partial charge < -0.3 is 10.3 Å². The summed E-state index contributed by atoms with van der Waals surface area (Å²) in [6.45, 7) is 2.02. The molecule has 0 aliphatic rings. The summed E-state index contributed by atoms with van der Waals surface area (Å²) in [6, 6.07) is 3.93. The van der Waals surface area contributed by atoms with Crippen LogP contribution in [0.5, 0.6) is 0 Å².